The van der Waals surface area contributed by atoms with Crippen LogP contribution in [0.15, 0.2) is 42.6 Å². The van der Waals surface area contributed by atoms with Crippen LogP contribution in [-0.4, -0.2) is 12.0 Å². The smallest absolute Gasteiger partial charge is 0.128 e. The predicted molar refractivity (Wildman–Crippen MR) is 84.7 cm³/mol. The predicted octanol–water partition coefficient (Wildman–Crippen LogP) is 3.21. The third kappa shape index (κ3) is 2.54. The van der Waals surface area contributed by atoms with Gasteiger partial charge in [0, 0.05) is 23.2 Å². The van der Waals surface area contributed by atoms with Gasteiger partial charge in [-0.3, -0.25) is 0 Å². The van der Waals surface area contributed by atoms with Crippen LogP contribution in [0.25, 0.3) is 0 Å². The molecule has 0 saturated carbocycles. The minimum absolute atomic E-state index is 0.0854. The molecule has 20 heavy (non-hydrogen) atoms. The molecule has 1 unspecified atom stereocenters. The van der Waals surface area contributed by atoms with Crippen LogP contribution in [-0.2, 0) is 5.41 Å². The first-order chi connectivity index (χ1) is 9.48. The highest BCUT2D eigenvalue weighted by atomic mass is 14.9. The van der Waals surface area contributed by atoms with Gasteiger partial charge in [0.15, 0.2) is 0 Å². The molecule has 0 fully saturated rings. The summed E-state index contributed by atoms with van der Waals surface area (Å²) in [5.41, 5.74) is 9.57. The van der Waals surface area contributed by atoms with Crippen LogP contribution in [0.2, 0.25) is 0 Å². The lowest BCUT2D eigenvalue weighted by Gasteiger charge is -2.36. The number of hydrogen-bond acceptors (Lipinski definition) is 3. The second-order valence-corrected chi connectivity index (χ2v) is 5.74. The Morgan fingerprint density at radius 3 is 2.35 bits per heavy atom. The molecule has 0 radical (unpaired) electrons. The average Bonchev–Trinajstić information content (AvgIpc) is 2.43. The van der Waals surface area contributed by atoms with Crippen molar-refractivity contribution in [3.8, 4) is 0 Å². The summed E-state index contributed by atoms with van der Waals surface area (Å²) in [6, 6.07) is 12.6. The third-order valence-electron chi connectivity index (χ3n) is 4.06. The number of likely N-dealkylation sites (N-methyl/N-ethyl adjacent to an activating group) is 1. The fourth-order valence-electron chi connectivity index (χ4n) is 2.87. The van der Waals surface area contributed by atoms with Gasteiger partial charge >= 0.3 is 0 Å². The van der Waals surface area contributed by atoms with Gasteiger partial charge in [0.2, 0.25) is 0 Å². The number of nitrogens with one attached hydrogen (secondary N) is 1. The van der Waals surface area contributed by atoms with Crippen LogP contribution in [0.1, 0.15) is 36.6 Å². The molecule has 106 valence electrons. The Kier molecular flexibility index (Phi) is 4.09. The van der Waals surface area contributed by atoms with Gasteiger partial charge in [-0.05, 0) is 31.2 Å². The summed E-state index contributed by atoms with van der Waals surface area (Å²) in [4.78, 5) is 4.25. The van der Waals surface area contributed by atoms with Gasteiger partial charge in [-0.25, -0.2) is 4.98 Å². The number of benzene rings is 1. The fraction of sp³-hybridized carbons (Fsp3) is 0.353. The summed E-state index contributed by atoms with van der Waals surface area (Å²) in [6.07, 6.45) is 1.76. The van der Waals surface area contributed by atoms with E-state index in [1.54, 1.807) is 6.20 Å². The summed E-state index contributed by atoms with van der Waals surface area (Å²) in [7, 11) is 1.97. The van der Waals surface area contributed by atoms with E-state index in [9.17, 15) is 0 Å². The van der Waals surface area contributed by atoms with E-state index in [0.717, 1.165) is 5.56 Å². The quantitative estimate of drug-likeness (QED) is 0.896. The van der Waals surface area contributed by atoms with Crippen molar-refractivity contribution >= 4 is 5.82 Å². The first kappa shape index (κ1) is 14.5. The summed E-state index contributed by atoms with van der Waals surface area (Å²) in [6.45, 7) is 6.55. The van der Waals surface area contributed by atoms with Crippen molar-refractivity contribution in [2.45, 2.75) is 32.2 Å². The molecule has 1 atom stereocenters. The van der Waals surface area contributed by atoms with Crippen LogP contribution in [0.3, 0.4) is 0 Å². The molecule has 2 rings (SSSR count). The molecule has 0 spiro atoms. The van der Waals surface area contributed by atoms with Crippen LogP contribution in [0.4, 0.5) is 5.82 Å². The maximum absolute atomic E-state index is 6.12. The molecule has 0 aliphatic rings. The Balaban J connectivity index is 2.52. The van der Waals surface area contributed by atoms with Gasteiger partial charge in [0.1, 0.15) is 5.82 Å². The minimum Gasteiger partial charge on any atom is -0.383 e. The molecule has 3 nitrogen and oxygen atoms in total. The zero-order valence-corrected chi connectivity index (χ0v) is 12.6. The Morgan fingerprint density at radius 2 is 1.80 bits per heavy atom. The molecule has 3 N–H and O–H groups in total. The number of aromatic nitrogens is 1. The van der Waals surface area contributed by atoms with Gasteiger partial charge in [-0.1, -0.05) is 44.2 Å². The molecule has 2 aromatic rings. The third-order valence-corrected chi connectivity index (χ3v) is 4.06. The number of nitrogen functional groups attached to an aromatic ring is 1. The molecule has 0 amide bonds. The number of nitrogens with zero attached hydrogens (tertiary/aromatic N) is 1. The molecule has 1 aromatic carbocycles. The average molecular weight is 269 g/mol. The minimum atomic E-state index is -0.0854. The Hall–Kier alpha value is -1.87. The van der Waals surface area contributed by atoms with Crippen molar-refractivity contribution in [1.82, 2.24) is 10.3 Å². The van der Waals surface area contributed by atoms with Crippen molar-refractivity contribution in [2.24, 2.45) is 0 Å². The standard InChI is InChI=1S/C17H23N3/c1-12-10-11-20-16(18)14(12)15(19-4)17(2,3)13-8-6-5-7-9-13/h5-11,15,19H,1-4H3,(H2,18,20). The van der Waals surface area contributed by atoms with E-state index in [1.807, 2.05) is 19.2 Å². The number of rotatable bonds is 4. The molecule has 0 saturated heterocycles. The summed E-state index contributed by atoms with van der Waals surface area (Å²) in [5.74, 6) is 0.605. The van der Waals surface area contributed by atoms with Crippen LogP contribution >= 0.6 is 0 Å². The molecular formula is C17H23N3. The van der Waals surface area contributed by atoms with Gasteiger partial charge in [0.25, 0.3) is 0 Å². The largest absolute Gasteiger partial charge is 0.383 e. The lowest BCUT2D eigenvalue weighted by atomic mass is 9.74. The first-order valence-corrected chi connectivity index (χ1v) is 6.92. The number of anilines is 1. The number of pyridine rings is 1. The van der Waals surface area contributed by atoms with Crippen molar-refractivity contribution in [1.29, 1.82) is 0 Å². The summed E-state index contributed by atoms with van der Waals surface area (Å²) >= 11 is 0. The molecule has 1 aromatic heterocycles. The van der Waals surface area contributed by atoms with Gasteiger partial charge < -0.3 is 11.1 Å². The molecular weight excluding hydrogens is 246 g/mol. The number of nitrogens with two attached hydrogens (primary N) is 1. The van der Waals surface area contributed by atoms with Crippen LogP contribution in [0, 0.1) is 6.92 Å². The second kappa shape index (κ2) is 5.63. The van der Waals surface area contributed by atoms with Crippen molar-refractivity contribution in [3.63, 3.8) is 0 Å². The molecule has 0 aliphatic heterocycles. The molecule has 0 bridgehead atoms. The molecule has 1 heterocycles. The van der Waals surface area contributed by atoms with E-state index >= 15 is 0 Å². The number of hydrogen-bond donors (Lipinski definition) is 2. The zero-order valence-electron chi connectivity index (χ0n) is 12.6. The summed E-state index contributed by atoms with van der Waals surface area (Å²) in [5, 5.41) is 3.42. The van der Waals surface area contributed by atoms with Gasteiger partial charge in [-0.15, -0.1) is 0 Å². The molecule has 3 heteroatoms. The van der Waals surface area contributed by atoms with Crippen molar-refractivity contribution in [2.75, 3.05) is 12.8 Å². The van der Waals surface area contributed by atoms with E-state index in [1.165, 1.54) is 11.1 Å². The zero-order chi connectivity index (χ0) is 14.8. The van der Waals surface area contributed by atoms with Gasteiger partial charge in [-0.2, -0.15) is 0 Å². The van der Waals surface area contributed by atoms with E-state index in [4.69, 9.17) is 5.73 Å². The normalized spacial score (nSPS) is 13.2. The van der Waals surface area contributed by atoms with E-state index in [-0.39, 0.29) is 11.5 Å². The highest BCUT2D eigenvalue weighted by Gasteiger charge is 2.33. The first-order valence-electron chi connectivity index (χ1n) is 6.92. The monoisotopic (exact) mass is 269 g/mol. The fourth-order valence-corrected chi connectivity index (χ4v) is 2.87. The highest BCUT2D eigenvalue weighted by molar-refractivity contribution is 5.48. The maximum atomic E-state index is 6.12. The Labute approximate surface area is 121 Å². The topological polar surface area (TPSA) is 50.9 Å². The van der Waals surface area contributed by atoms with E-state index in [2.05, 4.69) is 55.3 Å². The Bertz CT molecular complexity index is 556. The highest BCUT2D eigenvalue weighted by Crippen LogP contribution is 2.39. The van der Waals surface area contributed by atoms with E-state index in [0.29, 0.717) is 5.82 Å². The van der Waals surface area contributed by atoms with Crippen molar-refractivity contribution < 1.29 is 0 Å². The molecule has 0 aliphatic carbocycles. The second-order valence-electron chi connectivity index (χ2n) is 5.74. The van der Waals surface area contributed by atoms with E-state index < -0.39 is 0 Å². The Morgan fingerprint density at radius 1 is 1.15 bits per heavy atom. The van der Waals surface area contributed by atoms with Crippen molar-refractivity contribution in [3.05, 3.63) is 59.3 Å². The lowest BCUT2D eigenvalue weighted by Crippen LogP contribution is -2.36. The number of aryl methyl sites for hydroxylation is 1. The summed E-state index contributed by atoms with van der Waals surface area (Å²) < 4.78 is 0. The lowest BCUT2D eigenvalue weighted by molar-refractivity contribution is 0.367. The SMILES string of the molecule is CNC(c1c(C)ccnc1N)C(C)(C)c1ccccc1. The maximum Gasteiger partial charge on any atom is 0.128 e. The van der Waals surface area contributed by atoms with Gasteiger partial charge in [0.05, 0.1) is 0 Å². The van der Waals surface area contributed by atoms with Crippen LogP contribution < -0.4 is 11.1 Å². The van der Waals surface area contributed by atoms with Crippen LogP contribution in [0.5, 0.6) is 0 Å².